The van der Waals surface area contributed by atoms with Gasteiger partial charge in [-0.25, -0.2) is 8.42 Å². The van der Waals surface area contributed by atoms with Gasteiger partial charge >= 0.3 is 0 Å². The Bertz CT molecular complexity index is 1430. The number of anilines is 1. The zero-order chi connectivity index (χ0) is 29.4. The average molecular weight is 576 g/mol. The van der Waals surface area contributed by atoms with Crippen molar-refractivity contribution < 1.29 is 46.3 Å². The number of rotatable bonds is 13. The van der Waals surface area contributed by atoms with Gasteiger partial charge in [0, 0.05) is 23.8 Å². The Morgan fingerprint density at radius 1 is 0.525 bits per heavy atom. The normalized spacial score (nSPS) is 11.1. The Labute approximate surface area is 234 Å². The summed E-state index contributed by atoms with van der Waals surface area (Å²) in [6.07, 6.45) is 3.48. The van der Waals surface area contributed by atoms with Gasteiger partial charge in [-0.15, -0.1) is 0 Å². The van der Waals surface area contributed by atoms with E-state index in [1.807, 2.05) is 0 Å². The van der Waals surface area contributed by atoms with Crippen LogP contribution in [0.25, 0.3) is 12.2 Å². The van der Waals surface area contributed by atoms with Gasteiger partial charge in [-0.05, 0) is 23.8 Å². The van der Waals surface area contributed by atoms with E-state index in [9.17, 15) is 8.42 Å². The van der Waals surface area contributed by atoms with Crippen molar-refractivity contribution in [3.63, 3.8) is 0 Å². The summed E-state index contributed by atoms with van der Waals surface area (Å²) >= 11 is 0. The molecule has 0 radical (unpaired) electrons. The first-order valence-corrected chi connectivity index (χ1v) is 13.2. The molecule has 0 aliphatic rings. The zero-order valence-corrected chi connectivity index (χ0v) is 24.4. The molecule has 0 unspecified atom stereocenters. The quantitative estimate of drug-likeness (QED) is 0.287. The highest BCUT2D eigenvalue weighted by Gasteiger charge is 2.23. The van der Waals surface area contributed by atoms with Gasteiger partial charge in [-0.3, -0.25) is 4.72 Å². The van der Waals surface area contributed by atoms with Gasteiger partial charge in [-0.1, -0.05) is 12.2 Å². The number of methoxy groups -OCH3 is 8. The van der Waals surface area contributed by atoms with Crippen LogP contribution in [0.15, 0.2) is 41.3 Å². The first kappa shape index (κ1) is 30.1. The minimum absolute atomic E-state index is 0.101. The van der Waals surface area contributed by atoms with Gasteiger partial charge in [0.2, 0.25) is 11.5 Å². The van der Waals surface area contributed by atoms with E-state index in [1.165, 1.54) is 75.1 Å². The van der Waals surface area contributed by atoms with Gasteiger partial charge < -0.3 is 37.9 Å². The molecular weight excluding hydrogens is 542 g/mol. The summed E-state index contributed by atoms with van der Waals surface area (Å²) in [6, 6.07) is 9.39. The number of benzene rings is 3. The lowest BCUT2D eigenvalue weighted by molar-refractivity contribution is 0.323. The lowest BCUT2D eigenvalue weighted by Crippen LogP contribution is -2.14. The molecule has 0 spiro atoms. The highest BCUT2D eigenvalue weighted by molar-refractivity contribution is 7.92. The summed E-state index contributed by atoms with van der Waals surface area (Å²) < 4.78 is 72.8. The maximum absolute atomic E-state index is 13.5. The molecule has 0 heterocycles. The monoisotopic (exact) mass is 575 g/mol. The Hall–Kier alpha value is -4.45. The van der Waals surface area contributed by atoms with Crippen molar-refractivity contribution in [1.82, 2.24) is 0 Å². The molecule has 216 valence electrons. The molecule has 3 rings (SSSR count). The van der Waals surface area contributed by atoms with Gasteiger partial charge in [0.1, 0.15) is 0 Å². The fraction of sp³-hybridized carbons (Fsp3) is 0.286. The molecule has 0 saturated heterocycles. The Morgan fingerprint density at radius 2 is 0.950 bits per heavy atom. The molecule has 0 aliphatic carbocycles. The minimum Gasteiger partial charge on any atom is -0.493 e. The third-order valence-corrected chi connectivity index (χ3v) is 7.24. The predicted molar refractivity (Wildman–Crippen MR) is 151 cm³/mol. The van der Waals surface area contributed by atoms with E-state index in [1.54, 1.807) is 30.4 Å². The van der Waals surface area contributed by atoms with E-state index in [0.717, 1.165) is 0 Å². The van der Waals surface area contributed by atoms with Crippen LogP contribution < -0.4 is 42.6 Å². The van der Waals surface area contributed by atoms with Crippen LogP contribution in [-0.2, 0) is 10.0 Å². The van der Waals surface area contributed by atoms with E-state index >= 15 is 0 Å². The second-order valence-corrected chi connectivity index (χ2v) is 9.74. The van der Waals surface area contributed by atoms with Crippen LogP contribution in [0.1, 0.15) is 11.1 Å². The number of ether oxygens (including phenoxy) is 8. The third kappa shape index (κ3) is 6.23. The van der Waals surface area contributed by atoms with Crippen molar-refractivity contribution >= 4 is 27.9 Å². The molecule has 3 aromatic carbocycles. The Balaban J connectivity index is 2.13. The molecular formula is C28H33NO10S. The van der Waals surface area contributed by atoms with Crippen LogP contribution in [0.5, 0.6) is 46.0 Å². The van der Waals surface area contributed by atoms with Crippen LogP contribution in [0, 0.1) is 0 Å². The molecule has 0 fully saturated rings. The Kier molecular flexibility index (Phi) is 9.83. The molecule has 40 heavy (non-hydrogen) atoms. The molecule has 0 atom stereocenters. The second kappa shape index (κ2) is 13.1. The van der Waals surface area contributed by atoms with Crippen LogP contribution >= 0.6 is 0 Å². The SMILES string of the molecule is COc1cc(/C=C\c2cc(OC)c(OC)c(OC)c2)c(NS(=O)(=O)c2cc(OC)c(OC)c(OC)c2)cc1OC. The molecule has 11 nitrogen and oxygen atoms in total. The molecule has 0 saturated carbocycles. The number of hydrogen-bond acceptors (Lipinski definition) is 10. The lowest BCUT2D eigenvalue weighted by atomic mass is 10.1. The molecule has 0 amide bonds. The minimum atomic E-state index is -4.14. The fourth-order valence-corrected chi connectivity index (χ4v) is 5.03. The summed E-state index contributed by atoms with van der Waals surface area (Å²) in [5, 5.41) is 0. The summed E-state index contributed by atoms with van der Waals surface area (Å²) in [5.74, 6) is 2.78. The number of sulfonamides is 1. The van der Waals surface area contributed by atoms with Crippen molar-refractivity contribution in [3.05, 3.63) is 47.5 Å². The predicted octanol–water partition coefficient (Wildman–Crippen LogP) is 4.73. The van der Waals surface area contributed by atoms with Crippen molar-refractivity contribution in [1.29, 1.82) is 0 Å². The summed E-state index contributed by atoms with van der Waals surface area (Å²) in [4.78, 5) is -0.101. The first-order chi connectivity index (χ1) is 19.2. The second-order valence-electron chi connectivity index (χ2n) is 8.05. The molecule has 1 N–H and O–H groups in total. The van der Waals surface area contributed by atoms with Crippen LogP contribution in [0.3, 0.4) is 0 Å². The van der Waals surface area contributed by atoms with Crippen LogP contribution in [-0.4, -0.2) is 65.3 Å². The van der Waals surface area contributed by atoms with E-state index < -0.39 is 10.0 Å². The molecule has 12 heteroatoms. The largest absolute Gasteiger partial charge is 0.493 e. The van der Waals surface area contributed by atoms with Crippen LogP contribution in [0.4, 0.5) is 5.69 Å². The topological polar surface area (TPSA) is 120 Å². The maximum atomic E-state index is 13.5. The van der Waals surface area contributed by atoms with E-state index in [2.05, 4.69) is 4.72 Å². The molecule has 0 aliphatic heterocycles. The van der Waals surface area contributed by atoms with Gasteiger partial charge in [0.15, 0.2) is 34.5 Å². The van der Waals surface area contributed by atoms with Crippen molar-refractivity contribution in [2.45, 2.75) is 4.90 Å². The standard InChI is InChI=1S/C28H33NO10S/c1-32-21-13-18(10-9-17-11-23(34-3)27(38-7)24(12-17)35-4)20(16-22(21)33-2)29-40(30,31)19-14-25(36-5)28(39-8)26(15-19)37-6/h9-16,29H,1-8H3/b10-9-. The smallest absolute Gasteiger partial charge is 0.262 e. The van der Waals surface area contributed by atoms with E-state index in [-0.39, 0.29) is 27.8 Å². The molecule has 0 bridgehead atoms. The van der Waals surface area contributed by atoms with Crippen molar-refractivity contribution in [3.8, 4) is 46.0 Å². The summed E-state index contributed by atoms with van der Waals surface area (Å²) in [6.45, 7) is 0. The van der Waals surface area contributed by atoms with Crippen LogP contribution in [0.2, 0.25) is 0 Å². The van der Waals surface area contributed by atoms with Gasteiger partial charge in [0.25, 0.3) is 10.0 Å². The first-order valence-electron chi connectivity index (χ1n) is 11.8. The fourth-order valence-electron chi connectivity index (χ4n) is 3.92. The van der Waals surface area contributed by atoms with Gasteiger partial charge in [-0.2, -0.15) is 0 Å². The Morgan fingerprint density at radius 3 is 1.38 bits per heavy atom. The van der Waals surface area contributed by atoms with Crippen molar-refractivity contribution in [2.24, 2.45) is 0 Å². The highest BCUT2D eigenvalue weighted by atomic mass is 32.2. The zero-order valence-electron chi connectivity index (χ0n) is 23.6. The number of hydrogen-bond donors (Lipinski definition) is 1. The van der Waals surface area contributed by atoms with E-state index in [0.29, 0.717) is 39.9 Å². The summed E-state index contributed by atoms with van der Waals surface area (Å²) in [5.41, 5.74) is 1.43. The van der Waals surface area contributed by atoms with Gasteiger partial charge in [0.05, 0.1) is 67.5 Å². The molecule has 3 aromatic rings. The molecule has 0 aromatic heterocycles. The maximum Gasteiger partial charge on any atom is 0.262 e. The summed E-state index contributed by atoms with van der Waals surface area (Å²) in [7, 11) is 7.62. The van der Waals surface area contributed by atoms with Crippen molar-refractivity contribution in [2.75, 3.05) is 61.6 Å². The third-order valence-electron chi connectivity index (χ3n) is 5.89. The van der Waals surface area contributed by atoms with E-state index in [4.69, 9.17) is 37.9 Å². The lowest BCUT2D eigenvalue weighted by Gasteiger charge is -2.17. The average Bonchev–Trinajstić information content (AvgIpc) is 2.98. The number of nitrogens with one attached hydrogen (secondary N) is 1. The highest BCUT2D eigenvalue weighted by Crippen LogP contribution is 2.42.